The highest BCUT2D eigenvalue weighted by Crippen LogP contribution is 2.31. The first-order valence-corrected chi connectivity index (χ1v) is 13.0. The van der Waals surface area contributed by atoms with Crippen LogP contribution in [0.2, 0.25) is 0 Å². The number of nitrogens with zero attached hydrogens (tertiary/aromatic N) is 3. The summed E-state index contributed by atoms with van der Waals surface area (Å²) >= 11 is 1.74. The van der Waals surface area contributed by atoms with Crippen LogP contribution < -0.4 is 21.5 Å². The Hall–Kier alpha value is -3.82. The molecule has 1 saturated heterocycles. The maximum Gasteiger partial charge on any atom is 0.261 e. The summed E-state index contributed by atoms with van der Waals surface area (Å²) in [6.07, 6.45) is 0. The highest BCUT2D eigenvalue weighted by atomic mass is 32.1. The van der Waals surface area contributed by atoms with Gasteiger partial charge in [-0.3, -0.25) is 4.79 Å². The number of likely N-dealkylation sites (N-methyl/N-ethyl adjacent to an activating group) is 1. The van der Waals surface area contributed by atoms with E-state index in [4.69, 9.17) is 10.7 Å². The van der Waals surface area contributed by atoms with Crippen molar-refractivity contribution >= 4 is 50.3 Å². The quantitative estimate of drug-likeness (QED) is 0.286. The molecule has 5 N–H and O–H groups in total. The third-order valence-electron chi connectivity index (χ3n) is 7.05. The van der Waals surface area contributed by atoms with E-state index in [1.165, 1.54) is 10.4 Å². The van der Waals surface area contributed by atoms with Crippen LogP contribution in [0, 0.1) is 6.92 Å². The number of rotatable bonds is 5. The molecule has 0 atom stereocenters. The Kier molecular flexibility index (Phi) is 5.66. The van der Waals surface area contributed by atoms with Gasteiger partial charge in [0.05, 0.1) is 22.2 Å². The predicted octanol–water partition coefficient (Wildman–Crippen LogP) is 4.39. The number of nitrogens with two attached hydrogens (primary N) is 1. The first kappa shape index (κ1) is 22.6. The van der Waals surface area contributed by atoms with Crippen molar-refractivity contribution in [3.63, 3.8) is 0 Å². The van der Waals surface area contributed by atoms with Gasteiger partial charge in [-0.15, -0.1) is 11.3 Å². The number of hydrogen-bond donors (Lipinski definition) is 4. The van der Waals surface area contributed by atoms with Gasteiger partial charge in [0.2, 0.25) is 0 Å². The first-order valence-electron chi connectivity index (χ1n) is 12.1. The lowest BCUT2D eigenvalue weighted by Gasteiger charge is -2.34. The largest absolute Gasteiger partial charge is 0.397 e. The zero-order valence-electron chi connectivity index (χ0n) is 20.4. The minimum absolute atomic E-state index is 0.256. The summed E-state index contributed by atoms with van der Waals surface area (Å²) in [5, 5.41) is 6.36. The number of nitrogen functional groups attached to an aromatic ring is 1. The Bertz CT molecular complexity index is 1620. The predicted molar refractivity (Wildman–Crippen MR) is 150 cm³/mol. The Morgan fingerprint density at radius 1 is 1.06 bits per heavy atom. The van der Waals surface area contributed by atoms with Crippen molar-refractivity contribution in [3.05, 3.63) is 68.6 Å². The SMILES string of the molecule is Cc1ccsc1CNc1ccc2[nH]c(=O)c(-c3nc4ccc(N5CCN(C)CC5)cc4[nH]3)c(N)c2c1. The fourth-order valence-electron chi connectivity index (χ4n) is 4.81. The molecule has 0 amide bonds. The molecule has 2 aromatic carbocycles. The van der Waals surface area contributed by atoms with Crippen LogP contribution in [0.25, 0.3) is 33.3 Å². The Morgan fingerprint density at radius 3 is 2.67 bits per heavy atom. The maximum absolute atomic E-state index is 13.1. The van der Waals surface area contributed by atoms with Crippen molar-refractivity contribution in [2.24, 2.45) is 0 Å². The van der Waals surface area contributed by atoms with Crippen LogP contribution in [-0.2, 0) is 6.54 Å². The van der Waals surface area contributed by atoms with Gasteiger partial charge in [-0.2, -0.15) is 0 Å². The number of thiophene rings is 1. The number of piperazine rings is 1. The molecule has 5 aromatic rings. The van der Waals surface area contributed by atoms with E-state index in [-0.39, 0.29) is 5.56 Å². The van der Waals surface area contributed by atoms with E-state index in [2.05, 4.69) is 62.6 Å². The van der Waals surface area contributed by atoms with E-state index in [9.17, 15) is 4.79 Å². The normalized spacial score (nSPS) is 14.7. The van der Waals surface area contributed by atoms with Crippen LogP contribution in [0.1, 0.15) is 10.4 Å². The molecule has 0 radical (unpaired) electrons. The van der Waals surface area contributed by atoms with Gasteiger partial charge in [-0.25, -0.2) is 4.98 Å². The van der Waals surface area contributed by atoms with E-state index in [1.807, 2.05) is 24.3 Å². The summed E-state index contributed by atoms with van der Waals surface area (Å²) in [5.74, 6) is 0.480. The highest BCUT2D eigenvalue weighted by Gasteiger charge is 2.18. The van der Waals surface area contributed by atoms with Crippen LogP contribution in [0.3, 0.4) is 0 Å². The summed E-state index contributed by atoms with van der Waals surface area (Å²) < 4.78 is 0. The number of H-pyrrole nitrogens is 2. The van der Waals surface area contributed by atoms with Crippen molar-refractivity contribution in [2.75, 3.05) is 49.2 Å². The van der Waals surface area contributed by atoms with Crippen LogP contribution in [0.15, 0.2) is 52.6 Å². The number of aromatic amines is 2. The molecular formula is C27H29N7OS. The summed E-state index contributed by atoms with van der Waals surface area (Å²) in [5.41, 5.74) is 12.9. The van der Waals surface area contributed by atoms with Gasteiger partial charge < -0.3 is 30.8 Å². The molecule has 4 heterocycles. The van der Waals surface area contributed by atoms with E-state index in [0.29, 0.717) is 22.6 Å². The molecule has 8 nitrogen and oxygen atoms in total. The number of fused-ring (bicyclic) bond motifs is 2. The standard InChI is InChI=1S/C27H29N7OS/c1-16-7-12-36-23(16)15-29-17-3-5-20-19(13-17)25(28)24(27(35)32-20)26-30-21-6-4-18(14-22(21)31-26)34-10-8-33(2)9-11-34/h3-7,12-14,29H,8-11,15H2,1-2H3,(H,30,31)(H3,28,32,35). The van der Waals surface area contributed by atoms with Gasteiger partial charge in [-0.1, -0.05) is 0 Å². The van der Waals surface area contributed by atoms with E-state index >= 15 is 0 Å². The molecule has 0 unspecified atom stereocenters. The molecule has 3 aromatic heterocycles. The fourth-order valence-corrected chi connectivity index (χ4v) is 5.65. The second kappa shape index (κ2) is 9.00. The van der Waals surface area contributed by atoms with Crippen LogP contribution >= 0.6 is 11.3 Å². The average molecular weight is 500 g/mol. The lowest BCUT2D eigenvalue weighted by atomic mass is 10.1. The van der Waals surface area contributed by atoms with E-state index in [0.717, 1.165) is 60.5 Å². The third kappa shape index (κ3) is 4.10. The number of benzene rings is 2. The topological polar surface area (TPSA) is 106 Å². The molecule has 0 bridgehead atoms. The smallest absolute Gasteiger partial charge is 0.261 e. The minimum atomic E-state index is -0.256. The molecule has 9 heteroatoms. The Labute approximate surface area is 212 Å². The zero-order chi connectivity index (χ0) is 24.8. The minimum Gasteiger partial charge on any atom is -0.397 e. The lowest BCUT2D eigenvalue weighted by Crippen LogP contribution is -2.44. The number of pyridine rings is 1. The second-order valence-electron chi connectivity index (χ2n) is 9.46. The number of aromatic nitrogens is 3. The number of anilines is 3. The molecule has 0 spiro atoms. The summed E-state index contributed by atoms with van der Waals surface area (Å²) in [7, 11) is 2.15. The first-order chi connectivity index (χ1) is 17.5. The number of aryl methyl sites for hydroxylation is 1. The Balaban J connectivity index is 1.34. The fraction of sp³-hybridized carbons (Fsp3) is 0.259. The van der Waals surface area contributed by atoms with Crippen LogP contribution in [-0.4, -0.2) is 53.1 Å². The molecular weight excluding hydrogens is 470 g/mol. The summed E-state index contributed by atoms with van der Waals surface area (Å²) in [6, 6.07) is 14.2. The van der Waals surface area contributed by atoms with E-state index in [1.54, 1.807) is 11.3 Å². The second-order valence-corrected chi connectivity index (χ2v) is 10.5. The summed E-state index contributed by atoms with van der Waals surface area (Å²) in [4.78, 5) is 30.1. The van der Waals surface area contributed by atoms with Crippen LogP contribution in [0.4, 0.5) is 17.1 Å². The maximum atomic E-state index is 13.1. The van der Waals surface area contributed by atoms with Crippen LogP contribution in [0.5, 0.6) is 0 Å². The molecule has 1 aliphatic heterocycles. The van der Waals surface area contributed by atoms with E-state index < -0.39 is 0 Å². The van der Waals surface area contributed by atoms with Gasteiger partial charge in [0, 0.05) is 54.4 Å². The lowest BCUT2D eigenvalue weighted by molar-refractivity contribution is 0.313. The van der Waals surface area contributed by atoms with Crippen molar-refractivity contribution in [3.8, 4) is 11.4 Å². The third-order valence-corrected chi connectivity index (χ3v) is 8.07. The van der Waals surface area contributed by atoms with Crippen molar-refractivity contribution < 1.29 is 0 Å². The molecule has 184 valence electrons. The van der Waals surface area contributed by atoms with Gasteiger partial charge in [-0.05, 0) is 67.4 Å². The molecule has 1 aliphatic rings. The monoisotopic (exact) mass is 499 g/mol. The average Bonchev–Trinajstić information content (AvgIpc) is 3.48. The molecule has 1 fully saturated rings. The molecule has 0 aliphatic carbocycles. The molecule has 0 saturated carbocycles. The zero-order valence-corrected chi connectivity index (χ0v) is 21.2. The summed E-state index contributed by atoms with van der Waals surface area (Å²) in [6.45, 7) is 6.91. The molecule has 36 heavy (non-hydrogen) atoms. The number of hydrogen-bond acceptors (Lipinski definition) is 7. The highest BCUT2D eigenvalue weighted by molar-refractivity contribution is 7.10. The number of nitrogens with one attached hydrogen (secondary N) is 3. The van der Waals surface area contributed by atoms with Gasteiger partial charge in [0.1, 0.15) is 11.4 Å². The van der Waals surface area contributed by atoms with Gasteiger partial charge in [0.15, 0.2) is 0 Å². The van der Waals surface area contributed by atoms with Crippen molar-refractivity contribution in [2.45, 2.75) is 13.5 Å². The van der Waals surface area contributed by atoms with Gasteiger partial charge >= 0.3 is 0 Å². The van der Waals surface area contributed by atoms with Gasteiger partial charge in [0.25, 0.3) is 5.56 Å². The Morgan fingerprint density at radius 2 is 1.89 bits per heavy atom. The molecule has 6 rings (SSSR count). The van der Waals surface area contributed by atoms with Crippen molar-refractivity contribution in [1.82, 2.24) is 19.9 Å². The number of imidazole rings is 1. The van der Waals surface area contributed by atoms with Crippen molar-refractivity contribution in [1.29, 1.82) is 0 Å².